The largest absolute Gasteiger partial charge is 0.458 e. The average Bonchev–Trinajstić information content (AvgIpc) is 2.38. The molecule has 2 rings (SSSR count). The van der Waals surface area contributed by atoms with Crippen LogP contribution in [0.2, 0.25) is 0 Å². The lowest BCUT2D eigenvalue weighted by Crippen LogP contribution is -2.36. The van der Waals surface area contributed by atoms with Gasteiger partial charge in [-0.1, -0.05) is 39.3 Å². The van der Waals surface area contributed by atoms with E-state index in [0.29, 0.717) is 23.3 Å². The molecular weight excluding hydrogens is 363 g/mol. The van der Waals surface area contributed by atoms with E-state index in [1.807, 2.05) is 24.3 Å². The Kier molecular flexibility index (Phi) is 5.47. The van der Waals surface area contributed by atoms with Gasteiger partial charge in [0.15, 0.2) is 0 Å². The van der Waals surface area contributed by atoms with Crippen molar-refractivity contribution in [1.29, 1.82) is 0 Å². The Morgan fingerprint density at radius 2 is 2.00 bits per heavy atom. The molecule has 1 aromatic rings. The van der Waals surface area contributed by atoms with Crippen molar-refractivity contribution in [1.82, 2.24) is 0 Å². The van der Waals surface area contributed by atoms with Crippen LogP contribution in [-0.2, 0) is 4.74 Å². The minimum Gasteiger partial charge on any atom is -0.458 e. The quantitative estimate of drug-likeness (QED) is 0.545. The number of benzene rings is 1. The zero-order valence-electron chi connectivity index (χ0n) is 12.4. The molecule has 0 aromatic heterocycles. The molecule has 1 fully saturated rings. The van der Waals surface area contributed by atoms with Gasteiger partial charge in [0.25, 0.3) is 0 Å². The first-order valence-corrected chi connectivity index (χ1v) is 8.52. The SMILES string of the molecule is CC(C)[C@@H]1CC[C@@H](C)C[C@H]1OC(=O)c1ccccc1I. The van der Waals surface area contributed by atoms with Crippen LogP contribution in [0.3, 0.4) is 0 Å². The number of rotatable bonds is 3. The van der Waals surface area contributed by atoms with Gasteiger partial charge in [-0.3, -0.25) is 0 Å². The third kappa shape index (κ3) is 3.74. The topological polar surface area (TPSA) is 26.3 Å². The van der Waals surface area contributed by atoms with Crippen LogP contribution in [0.15, 0.2) is 24.3 Å². The molecule has 0 aliphatic heterocycles. The molecule has 1 aromatic carbocycles. The number of ether oxygens (including phenoxy) is 1. The third-order valence-corrected chi connectivity index (χ3v) is 5.25. The first kappa shape index (κ1) is 15.8. The molecular formula is C17H23IO2. The highest BCUT2D eigenvalue weighted by Gasteiger charge is 2.33. The fourth-order valence-electron chi connectivity index (χ4n) is 3.08. The van der Waals surface area contributed by atoms with Crippen LogP contribution in [0.25, 0.3) is 0 Å². The maximum absolute atomic E-state index is 12.4. The molecule has 0 unspecified atom stereocenters. The van der Waals surface area contributed by atoms with Crippen LogP contribution in [0.5, 0.6) is 0 Å². The minimum absolute atomic E-state index is 0.0715. The van der Waals surface area contributed by atoms with Crippen molar-refractivity contribution in [2.24, 2.45) is 17.8 Å². The van der Waals surface area contributed by atoms with Gasteiger partial charge in [-0.15, -0.1) is 0 Å². The van der Waals surface area contributed by atoms with Crippen molar-refractivity contribution in [2.75, 3.05) is 0 Å². The lowest BCUT2D eigenvalue weighted by Gasteiger charge is -2.36. The number of esters is 1. The molecule has 3 heteroatoms. The number of carbonyl (C=O) groups excluding carboxylic acids is 1. The van der Waals surface area contributed by atoms with Crippen molar-refractivity contribution in [2.45, 2.75) is 46.1 Å². The number of hydrogen-bond donors (Lipinski definition) is 0. The first-order chi connectivity index (χ1) is 9.49. The normalized spacial score (nSPS) is 26.6. The summed E-state index contributed by atoms with van der Waals surface area (Å²) in [4.78, 5) is 12.4. The van der Waals surface area contributed by atoms with E-state index >= 15 is 0 Å². The van der Waals surface area contributed by atoms with Gasteiger partial charge in [0, 0.05) is 3.57 Å². The summed E-state index contributed by atoms with van der Waals surface area (Å²) in [6, 6.07) is 7.63. The lowest BCUT2D eigenvalue weighted by atomic mass is 9.75. The smallest absolute Gasteiger partial charge is 0.339 e. The summed E-state index contributed by atoms with van der Waals surface area (Å²) in [5.74, 6) is 1.55. The zero-order valence-corrected chi connectivity index (χ0v) is 14.6. The molecule has 0 heterocycles. The van der Waals surface area contributed by atoms with E-state index in [-0.39, 0.29) is 12.1 Å². The van der Waals surface area contributed by atoms with E-state index in [9.17, 15) is 4.79 Å². The summed E-state index contributed by atoms with van der Waals surface area (Å²) in [6.07, 6.45) is 3.49. The van der Waals surface area contributed by atoms with Crippen molar-refractivity contribution < 1.29 is 9.53 Å². The van der Waals surface area contributed by atoms with E-state index in [1.54, 1.807) is 0 Å². The zero-order chi connectivity index (χ0) is 14.7. The van der Waals surface area contributed by atoms with E-state index in [2.05, 4.69) is 43.4 Å². The van der Waals surface area contributed by atoms with Gasteiger partial charge in [0.1, 0.15) is 6.10 Å². The van der Waals surface area contributed by atoms with Crippen LogP contribution in [0.1, 0.15) is 50.4 Å². The summed E-state index contributed by atoms with van der Waals surface area (Å²) in [5, 5.41) is 0. The summed E-state index contributed by atoms with van der Waals surface area (Å²) in [6.45, 7) is 6.71. The summed E-state index contributed by atoms with van der Waals surface area (Å²) in [5.41, 5.74) is 0.689. The fraction of sp³-hybridized carbons (Fsp3) is 0.588. The maximum atomic E-state index is 12.4. The molecule has 2 nitrogen and oxygen atoms in total. The second-order valence-corrected chi connectivity index (χ2v) is 7.41. The summed E-state index contributed by atoms with van der Waals surface area (Å²) >= 11 is 2.19. The van der Waals surface area contributed by atoms with Crippen LogP contribution < -0.4 is 0 Å². The molecule has 20 heavy (non-hydrogen) atoms. The maximum Gasteiger partial charge on any atom is 0.339 e. The molecule has 1 aliphatic rings. The minimum atomic E-state index is -0.167. The molecule has 0 saturated heterocycles. The molecule has 0 amide bonds. The van der Waals surface area contributed by atoms with Gasteiger partial charge in [-0.25, -0.2) is 4.79 Å². The first-order valence-electron chi connectivity index (χ1n) is 7.44. The van der Waals surface area contributed by atoms with Crippen LogP contribution >= 0.6 is 22.6 Å². The Morgan fingerprint density at radius 1 is 1.30 bits per heavy atom. The van der Waals surface area contributed by atoms with Crippen molar-refractivity contribution in [3.05, 3.63) is 33.4 Å². The predicted molar refractivity (Wildman–Crippen MR) is 89.7 cm³/mol. The lowest BCUT2D eigenvalue weighted by molar-refractivity contribution is -0.0175. The monoisotopic (exact) mass is 386 g/mol. The molecule has 0 spiro atoms. The van der Waals surface area contributed by atoms with E-state index < -0.39 is 0 Å². The van der Waals surface area contributed by atoms with Gasteiger partial charge < -0.3 is 4.74 Å². The second kappa shape index (κ2) is 6.92. The Balaban J connectivity index is 2.10. The van der Waals surface area contributed by atoms with Crippen LogP contribution in [0.4, 0.5) is 0 Å². The van der Waals surface area contributed by atoms with E-state index in [1.165, 1.54) is 12.8 Å². The van der Waals surface area contributed by atoms with Crippen molar-refractivity contribution >= 4 is 28.6 Å². The van der Waals surface area contributed by atoms with Crippen LogP contribution in [0, 0.1) is 21.3 Å². The molecule has 0 N–H and O–H groups in total. The van der Waals surface area contributed by atoms with E-state index in [4.69, 9.17) is 4.74 Å². The summed E-state index contributed by atoms with van der Waals surface area (Å²) < 4.78 is 6.82. The van der Waals surface area contributed by atoms with Gasteiger partial charge in [0.05, 0.1) is 5.56 Å². The Labute approximate surface area is 135 Å². The van der Waals surface area contributed by atoms with Crippen molar-refractivity contribution in [3.63, 3.8) is 0 Å². The van der Waals surface area contributed by atoms with Gasteiger partial charge in [0.2, 0.25) is 0 Å². The fourth-order valence-corrected chi connectivity index (χ4v) is 3.69. The molecule has 0 bridgehead atoms. The third-order valence-electron chi connectivity index (χ3n) is 4.31. The number of hydrogen-bond acceptors (Lipinski definition) is 2. The van der Waals surface area contributed by atoms with Gasteiger partial charge in [-0.05, 0) is 65.3 Å². The molecule has 0 radical (unpaired) electrons. The predicted octanol–water partition coefficient (Wildman–Crippen LogP) is 4.91. The molecule has 3 atom stereocenters. The van der Waals surface area contributed by atoms with Gasteiger partial charge in [-0.2, -0.15) is 0 Å². The highest BCUT2D eigenvalue weighted by molar-refractivity contribution is 14.1. The molecule has 110 valence electrons. The number of halogens is 1. The highest BCUT2D eigenvalue weighted by Crippen LogP contribution is 2.35. The van der Waals surface area contributed by atoms with Gasteiger partial charge >= 0.3 is 5.97 Å². The highest BCUT2D eigenvalue weighted by atomic mass is 127. The second-order valence-electron chi connectivity index (χ2n) is 6.25. The van der Waals surface area contributed by atoms with Crippen molar-refractivity contribution in [3.8, 4) is 0 Å². The summed E-state index contributed by atoms with van der Waals surface area (Å²) in [7, 11) is 0. The van der Waals surface area contributed by atoms with Crippen LogP contribution in [-0.4, -0.2) is 12.1 Å². The molecule has 1 aliphatic carbocycles. The Bertz CT molecular complexity index is 470. The number of carbonyl (C=O) groups is 1. The van der Waals surface area contributed by atoms with E-state index in [0.717, 1.165) is 9.99 Å². The Hall–Kier alpha value is -0.580. The average molecular weight is 386 g/mol. The molecule has 1 saturated carbocycles. The standard InChI is InChI=1S/C17H23IO2/c1-11(2)13-9-8-12(3)10-16(13)20-17(19)14-6-4-5-7-15(14)18/h4-7,11-13,16H,8-10H2,1-3H3/t12-,13+,16-/m1/s1. The Morgan fingerprint density at radius 3 is 2.65 bits per heavy atom.